The molecule has 522 valence electrons. The minimum atomic E-state index is -0.450. The number of fused-ring (bicyclic) bond motifs is 6. The van der Waals surface area contributed by atoms with Gasteiger partial charge < -0.3 is 49.9 Å². The van der Waals surface area contributed by atoms with Crippen LogP contribution in [0.15, 0.2) is 103 Å². The van der Waals surface area contributed by atoms with Crippen LogP contribution in [0.1, 0.15) is 262 Å². The van der Waals surface area contributed by atoms with Crippen LogP contribution in [0.25, 0.3) is 0 Å². The summed E-state index contributed by atoms with van der Waals surface area (Å²) >= 11 is 0. The Hall–Kier alpha value is -5.47. The molecule has 4 aromatic rings. The number of hydrogen-bond acceptors (Lipinski definition) is 8. The van der Waals surface area contributed by atoms with Gasteiger partial charge in [-0.15, -0.1) is 0 Å². The molecule has 3 saturated heterocycles. The molecule has 3 aliphatic heterocycles. The van der Waals surface area contributed by atoms with Gasteiger partial charge in [0.25, 0.3) is 0 Å². The number of nitrogens with zero attached hydrogens (tertiary/aromatic N) is 5. The number of carbonyl (C=O) groups is 3. The average molecular weight is 1290 g/mol. The van der Waals surface area contributed by atoms with Gasteiger partial charge in [0.15, 0.2) is 0 Å². The molecule has 93 heavy (non-hydrogen) atoms. The van der Waals surface area contributed by atoms with E-state index < -0.39 is 5.60 Å². The van der Waals surface area contributed by atoms with Crippen molar-refractivity contribution in [2.24, 2.45) is 11.3 Å². The fourth-order valence-corrected chi connectivity index (χ4v) is 16.3. The predicted octanol–water partition coefficient (Wildman–Crippen LogP) is 18.2. The molecule has 0 radical (unpaired) electrons. The highest BCUT2D eigenvalue weighted by atomic mass is 16.6. The second-order valence-corrected chi connectivity index (χ2v) is 32.6. The SMILES string of the molecule is CC(C)N(C(=O)N[C@H]1CC2(CCN(CCC(C)(C)C)CC2)c2ccccc21)C(C)C.COC(C)(C)CCCC(C)CCN1CCC2(CCC(NC(=O)N(C)C)c3ccccc32)CC1.C[C@H](N[C@H]1CC2(CCN(C(=O)OC(C)(C)C)CC2)c2ccccc21)c1ccccc1.[HH].[HH].[HH].[HH]. The zero-order valence-electron chi connectivity index (χ0n) is 60.9. The molecule has 13 nitrogen and oxygen atoms in total. The molecule has 0 bridgehead atoms. The Morgan fingerprint density at radius 3 is 1.54 bits per heavy atom. The van der Waals surface area contributed by atoms with Gasteiger partial charge in [0.2, 0.25) is 0 Å². The molecule has 3 fully saturated rings. The van der Waals surface area contributed by atoms with Crippen molar-refractivity contribution in [2.45, 2.75) is 257 Å². The summed E-state index contributed by atoms with van der Waals surface area (Å²) in [5.41, 5.74) is 10.4. The fraction of sp³-hybridized carbons (Fsp3) is 0.662. The van der Waals surface area contributed by atoms with Crippen LogP contribution in [0.5, 0.6) is 0 Å². The van der Waals surface area contributed by atoms with E-state index in [1.807, 2.05) is 51.8 Å². The Labute approximate surface area is 569 Å². The van der Waals surface area contributed by atoms with Gasteiger partial charge in [0.1, 0.15) is 5.60 Å². The summed E-state index contributed by atoms with van der Waals surface area (Å²) in [6.45, 7) is 38.8. The van der Waals surface area contributed by atoms with E-state index in [9.17, 15) is 14.4 Å². The number of nitrogens with one attached hydrogen (secondary N) is 3. The number of ether oxygens (including phenoxy) is 2. The van der Waals surface area contributed by atoms with Crippen LogP contribution in [-0.4, -0.2) is 140 Å². The van der Waals surface area contributed by atoms with Crippen LogP contribution >= 0.6 is 0 Å². The van der Waals surface area contributed by atoms with E-state index in [1.165, 1.54) is 123 Å². The molecule has 6 aliphatic rings. The maximum absolute atomic E-state index is 13.1. The minimum absolute atomic E-state index is 0. The molecule has 4 aromatic carbocycles. The predicted molar refractivity (Wildman–Crippen MR) is 392 cm³/mol. The summed E-state index contributed by atoms with van der Waals surface area (Å²) < 4.78 is 11.2. The van der Waals surface area contributed by atoms with Gasteiger partial charge in [-0.25, -0.2) is 14.4 Å². The van der Waals surface area contributed by atoms with Crippen molar-refractivity contribution >= 4 is 18.2 Å². The molecule has 3 spiro atoms. The molecule has 5 atom stereocenters. The topological polar surface area (TPSA) is 122 Å². The number of carbonyl (C=O) groups excluding carboxylic acids is 3. The normalized spacial score (nSPS) is 21.4. The molecule has 5 amide bonds. The molecular formula is C80H132N8O5. The maximum Gasteiger partial charge on any atom is 0.410 e. The number of methoxy groups -OCH3 is 1. The van der Waals surface area contributed by atoms with Gasteiger partial charge in [0.05, 0.1) is 17.7 Å². The number of likely N-dealkylation sites (tertiary alicyclic amines) is 3. The molecule has 3 heterocycles. The van der Waals surface area contributed by atoms with Gasteiger partial charge in [-0.05, 0) is 248 Å². The smallest absolute Gasteiger partial charge is 0.410 e. The number of benzene rings is 4. The average Bonchev–Trinajstić information content (AvgIpc) is 1.75. The third kappa shape index (κ3) is 19.2. The van der Waals surface area contributed by atoms with Crippen LogP contribution in [0.4, 0.5) is 14.4 Å². The Bertz CT molecular complexity index is 3030. The van der Waals surface area contributed by atoms with Gasteiger partial charge >= 0.3 is 18.2 Å². The largest absolute Gasteiger partial charge is 0.444 e. The van der Waals surface area contributed by atoms with Crippen molar-refractivity contribution in [3.63, 3.8) is 0 Å². The van der Waals surface area contributed by atoms with E-state index in [4.69, 9.17) is 9.47 Å². The zero-order chi connectivity index (χ0) is 67.5. The lowest BCUT2D eigenvalue weighted by Gasteiger charge is -2.47. The standard InChI is InChI=1S/C28H47N3O2.C26H43N3O.C26H34N2O2.4H2/c1-22(10-9-15-27(2,3)33-6)14-19-31-20-17-28(18-21-31)16-13-25(29-26(32)30(4)5)23-11-7-8-12-24(23)28;1-19(2)29(20(3)4)24(30)27-23-18-26(22-11-9-8-10-21(22)23)13-16-28(17-14-26)15-12-25(5,6)7;1-19(20-10-6-5-7-11-20)27-23-18-26(22-13-9-8-12-21(22)23)14-16-28(17-15-26)24(29)30-25(2,3)4;;;;/h7-8,11-12,22,25H,9-10,13-21H2,1-6H3,(H,29,32);8-11,19-20,23H,12-18H2,1-7H3,(H,27,30);5-13,19,23,27H,14-18H2,1-4H3;4*1H/t;23-;19-,23-;;;;/m.00..../s1. The summed E-state index contributed by atoms with van der Waals surface area (Å²) in [4.78, 5) is 48.7. The van der Waals surface area contributed by atoms with E-state index in [-0.39, 0.29) is 69.9 Å². The minimum Gasteiger partial charge on any atom is -0.444 e. The summed E-state index contributed by atoms with van der Waals surface area (Å²) in [6, 6.07) is 38.6. The summed E-state index contributed by atoms with van der Waals surface area (Å²) in [7, 11) is 5.43. The third-order valence-corrected chi connectivity index (χ3v) is 22.1. The maximum atomic E-state index is 13.1. The molecule has 13 heteroatoms. The molecule has 3 N–H and O–H groups in total. The highest BCUT2D eigenvalue weighted by molar-refractivity contribution is 5.76. The number of rotatable bonds is 17. The van der Waals surface area contributed by atoms with Gasteiger partial charge in [-0.1, -0.05) is 144 Å². The van der Waals surface area contributed by atoms with Crippen molar-refractivity contribution in [3.05, 3.63) is 142 Å². The quantitative estimate of drug-likeness (QED) is 0.0956. The Balaban J connectivity index is 0.000000303. The number of amides is 5. The monoisotopic (exact) mass is 1290 g/mol. The number of urea groups is 2. The second-order valence-electron chi connectivity index (χ2n) is 32.6. The Morgan fingerprint density at radius 1 is 0.559 bits per heavy atom. The van der Waals surface area contributed by atoms with E-state index in [0.29, 0.717) is 17.5 Å². The van der Waals surface area contributed by atoms with Gasteiger partial charge in [-0.3, -0.25) is 0 Å². The zero-order valence-corrected chi connectivity index (χ0v) is 60.9. The lowest BCUT2D eigenvalue weighted by molar-refractivity contribution is 0.0125. The summed E-state index contributed by atoms with van der Waals surface area (Å²) in [5.74, 6) is 0.769. The molecule has 2 unspecified atom stereocenters. The second kappa shape index (κ2) is 31.6. The summed E-state index contributed by atoms with van der Waals surface area (Å²) in [5, 5.41) is 10.5. The molecular weight excluding hydrogens is 1150 g/mol. The first-order chi connectivity index (χ1) is 44.0. The highest BCUT2D eigenvalue weighted by Gasteiger charge is 2.49. The van der Waals surface area contributed by atoms with Crippen LogP contribution in [0.2, 0.25) is 0 Å². The first-order valence-corrected chi connectivity index (χ1v) is 36.1. The molecule has 10 rings (SSSR count). The summed E-state index contributed by atoms with van der Waals surface area (Å²) in [6.07, 6.45) is 17.2. The van der Waals surface area contributed by atoms with Crippen LogP contribution in [0.3, 0.4) is 0 Å². The Morgan fingerprint density at radius 2 is 1.02 bits per heavy atom. The van der Waals surface area contributed by atoms with E-state index in [1.54, 1.807) is 4.90 Å². The van der Waals surface area contributed by atoms with Crippen molar-refractivity contribution in [3.8, 4) is 0 Å². The van der Waals surface area contributed by atoms with Crippen molar-refractivity contribution in [1.82, 2.24) is 40.4 Å². The molecule has 0 saturated carbocycles. The van der Waals surface area contributed by atoms with Gasteiger partial charge in [-0.2, -0.15) is 0 Å². The number of piperidine rings is 3. The number of hydrogen-bond donors (Lipinski definition) is 3. The first-order valence-electron chi connectivity index (χ1n) is 36.1. The van der Waals surface area contributed by atoms with Crippen LogP contribution in [0, 0.1) is 11.3 Å². The molecule has 3 aliphatic carbocycles. The van der Waals surface area contributed by atoms with E-state index in [0.717, 1.165) is 70.6 Å². The Kier molecular flexibility index (Phi) is 24.9. The highest BCUT2D eigenvalue weighted by Crippen LogP contribution is 2.53. The van der Waals surface area contributed by atoms with Crippen LogP contribution < -0.4 is 16.0 Å². The first kappa shape index (κ1) is 73.3. The van der Waals surface area contributed by atoms with Crippen LogP contribution in [-0.2, 0) is 25.7 Å². The molecule has 0 aromatic heterocycles. The van der Waals surface area contributed by atoms with E-state index in [2.05, 4.69) is 205 Å². The fourth-order valence-electron chi connectivity index (χ4n) is 16.3. The lowest BCUT2D eigenvalue weighted by atomic mass is 9.63. The lowest BCUT2D eigenvalue weighted by Crippen LogP contribution is -2.49. The van der Waals surface area contributed by atoms with Gasteiger partial charge in [0, 0.05) is 75.0 Å². The van der Waals surface area contributed by atoms with Crippen molar-refractivity contribution in [1.29, 1.82) is 0 Å². The van der Waals surface area contributed by atoms with E-state index >= 15 is 0 Å². The van der Waals surface area contributed by atoms with Crippen molar-refractivity contribution in [2.75, 3.05) is 73.6 Å². The third-order valence-electron chi connectivity index (χ3n) is 22.1. The van der Waals surface area contributed by atoms with Crippen molar-refractivity contribution < 1.29 is 29.6 Å².